The lowest BCUT2D eigenvalue weighted by atomic mass is 10.3. The van der Waals surface area contributed by atoms with E-state index in [1.807, 2.05) is 0 Å². The molecule has 0 aliphatic carbocycles. The molecule has 0 aliphatic rings. The van der Waals surface area contributed by atoms with Crippen molar-refractivity contribution in [3.8, 4) is 0 Å². The van der Waals surface area contributed by atoms with Gasteiger partial charge in [0, 0.05) is 4.90 Å². The van der Waals surface area contributed by atoms with Gasteiger partial charge >= 0.3 is 15.5 Å². The second-order valence-corrected chi connectivity index (χ2v) is 5.69. The maximum absolute atomic E-state index is 13.2. The minimum atomic E-state index is -6.05. The van der Waals surface area contributed by atoms with Crippen LogP contribution in [0.1, 0.15) is 5.82 Å². The van der Waals surface area contributed by atoms with Gasteiger partial charge in [-0.3, -0.25) is 0 Å². The van der Waals surface area contributed by atoms with E-state index in [1.165, 1.54) is 23.9 Å². The number of halogens is 3. The maximum atomic E-state index is 13.2. The van der Waals surface area contributed by atoms with Crippen molar-refractivity contribution >= 4 is 33.0 Å². The number of hydrogen-bond donors (Lipinski definition) is 1. The van der Waals surface area contributed by atoms with Crippen LogP contribution in [0, 0.1) is 0 Å². The van der Waals surface area contributed by atoms with E-state index in [0.29, 0.717) is 0 Å². The Bertz CT molecular complexity index is 697. The van der Waals surface area contributed by atoms with Crippen LogP contribution in [0.2, 0.25) is 0 Å². The average Bonchev–Trinajstić information content (AvgIpc) is 2.70. The molecule has 1 aromatic heterocycles. The van der Waals surface area contributed by atoms with Crippen molar-refractivity contribution in [1.29, 1.82) is 0 Å². The number of rotatable bonds is 3. The summed E-state index contributed by atoms with van der Waals surface area (Å²) in [6, 6.07) is 4.61. The average molecular weight is 296 g/mol. The Morgan fingerprint density at radius 2 is 2.06 bits per heavy atom. The fraction of sp³-hybridized carbons (Fsp3) is 0.222. The molecule has 2 rings (SSSR count). The number of aromatic nitrogens is 2. The number of aromatic amines is 1. The van der Waals surface area contributed by atoms with Gasteiger partial charge in [0.1, 0.15) is 0 Å². The lowest BCUT2D eigenvalue weighted by molar-refractivity contribution is 0.0755. The van der Waals surface area contributed by atoms with Gasteiger partial charge in [-0.2, -0.15) is 17.2 Å². The Hall–Kier alpha value is -1.22. The molecule has 0 radical (unpaired) electrons. The minimum absolute atomic E-state index is 0.145. The molecule has 1 heterocycles. The van der Waals surface area contributed by atoms with Gasteiger partial charge in [0.25, 0.3) is 0 Å². The van der Waals surface area contributed by atoms with E-state index in [2.05, 4.69) is 9.97 Å². The number of hydrogen-bond acceptors (Lipinski definition) is 4. The molecule has 0 saturated carbocycles. The number of nitrogens with zero attached hydrogens (tertiary/aromatic N) is 1. The topological polar surface area (TPSA) is 62.8 Å². The van der Waals surface area contributed by atoms with Crippen LogP contribution in [0.25, 0.3) is 11.0 Å². The zero-order valence-corrected chi connectivity index (χ0v) is 10.6. The van der Waals surface area contributed by atoms with Crippen LogP contribution in [-0.2, 0) is 15.5 Å². The fourth-order valence-corrected chi connectivity index (χ4v) is 2.14. The van der Waals surface area contributed by atoms with E-state index in [-0.39, 0.29) is 11.0 Å². The van der Waals surface area contributed by atoms with Crippen LogP contribution in [0.15, 0.2) is 23.1 Å². The number of alkyl halides is 2. The summed E-state index contributed by atoms with van der Waals surface area (Å²) in [6.07, 6.45) is 1.79. The molecule has 0 bridgehead atoms. The first kappa shape index (κ1) is 13.2. The Kier molecular flexibility index (Phi) is 3.06. The van der Waals surface area contributed by atoms with Gasteiger partial charge in [-0.25, -0.2) is 4.98 Å². The summed E-state index contributed by atoms with van der Waals surface area (Å²) in [6.45, 7) is 0. The summed E-state index contributed by atoms with van der Waals surface area (Å²) in [5.41, 5.74) is 0.367. The highest BCUT2D eigenvalue weighted by atomic mass is 32.3. The Morgan fingerprint density at radius 3 is 2.61 bits per heavy atom. The van der Waals surface area contributed by atoms with E-state index in [4.69, 9.17) is 0 Å². The molecule has 4 nitrogen and oxygen atoms in total. The molecule has 98 valence electrons. The van der Waals surface area contributed by atoms with Crippen LogP contribution in [0.3, 0.4) is 0 Å². The van der Waals surface area contributed by atoms with Gasteiger partial charge in [-0.05, 0) is 24.5 Å². The molecule has 1 aromatic carbocycles. The molecule has 0 fully saturated rings. The molecule has 0 amide bonds. The second-order valence-electron chi connectivity index (χ2n) is 3.42. The van der Waals surface area contributed by atoms with Crippen molar-refractivity contribution < 1.29 is 21.1 Å². The van der Waals surface area contributed by atoms with Gasteiger partial charge < -0.3 is 4.98 Å². The number of thioether (sulfide) groups is 1. The first-order valence-corrected chi connectivity index (χ1v) is 7.23. The normalized spacial score (nSPS) is 13.1. The van der Waals surface area contributed by atoms with Crippen LogP contribution >= 0.6 is 11.8 Å². The van der Waals surface area contributed by atoms with E-state index in [1.54, 1.807) is 12.3 Å². The van der Waals surface area contributed by atoms with E-state index < -0.39 is 21.3 Å². The van der Waals surface area contributed by atoms with Crippen LogP contribution in [0.4, 0.5) is 12.7 Å². The monoisotopic (exact) mass is 296 g/mol. The third-order valence-electron chi connectivity index (χ3n) is 2.27. The predicted molar refractivity (Wildman–Crippen MR) is 61.8 cm³/mol. The largest absolute Gasteiger partial charge is 0.430 e. The molecule has 0 atom stereocenters. The SMILES string of the molecule is CSc1ccc2nc(C(F)(F)S(=O)(=O)F)[nH]c2c1. The highest BCUT2D eigenvalue weighted by Crippen LogP contribution is 2.34. The molecule has 0 saturated heterocycles. The highest BCUT2D eigenvalue weighted by Gasteiger charge is 2.50. The Labute approximate surface area is 105 Å². The molecule has 2 aromatic rings. The van der Waals surface area contributed by atoms with Crippen LogP contribution in [-0.4, -0.2) is 24.6 Å². The lowest BCUT2D eigenvalue weighted by Crippen LogP contribution is -2.23. The van der Waals surface area contributed by atoms with Crippen molar-refractivity contribution in [2.45, 2.75) is 10.2 Å². The summed E-state index contributed by atoms with van der Waals surface area (Å²) in [4.78, 5) is 6.30. The Balaban J connectivity index is 2.61. The minimum Gasteiger partial charge on any atom is -0.336 e. The zero-order chi connectivity index (χ0) is 13.6. The Morgan fingerprint density at radius 1 is 1.39 bits per heavy atom. The van der Waals surface area contributed by atoms with Gasteiger partial charge in [-0.1, -0.05) is 3.89 Å². The number of H-pyrrole nitrogens is 1. The molecule has 0 spiro atoms. The van der Waals surface area contributed by atoms with Gasteiger partial charge in [0.2, 0.25) is 0 Å². The maximum Gasteiger partial charge on any atom is 0.430 e. The van der Waals surface area contributed by atoms with Crippen molar-refractivity contribution in [3.63, 3.8) is 0 Å². The second kappa shape index (κ2) is 4.16. The summed E-state index contributed by atoms with van der Waals surface area (Å²) in [5.74, 6) is -1.22. The number of benzene rings is 1. The third kappa shape index (κ3) is 2.07. The van der Waals surface area contributed by atoms with Crippen molar-refractivity contribution in [1.82, 2.24) is 9.97 Å². The quantitative estimate of drug-likeness (QED) is 0.698. The van der Waals surface area contributed by atoms with Gasteiger partial charge in [-0.15, -0.1) is 11.8 Å². The fourth-order valence-electron chi connectivity index (χ4n) is 1.37. The molecule has 0 unspecified atom stereocenters. The lowest BCUT2D eigenvalue weighted by Gasteiger charge is -2.06. The summed E-state index contributed by atoms with van der Waals surface area (Å²) in [7, 11) is -6.05. The highest BCUT2D eigenvalue weighted by molar-refractivity contribution is 7.98. The predicted octanol–water partition coefficient (Wildman–Crippen LogP) is 2.63. The van der Waals surface area contributed by atoms with Gasteiger partial charge in [0.05, 0.1) is 11.0 Å². The summed E-state index contributed by atoms with van der Waals surface area (Å²) < 4.78 is 59.7. The van der Waals surface area contributed by atoms with Crippen LogP contribution < -0.4 is 0 Å². The molecule has 9 heteroatoms. The number of fused-ring (bicyclic) bond motifs is 1. The van der Waals surface area contributed by atoms with Crippen LogP contribution in [0.5, 0.6) is 0 Å². The molecular weight excluding hydrogens is 289 g/mol. The van der Waals surface area contributed by atoms with Crippen molar-refractivity contribution in [2.75, 3.05) is 6.26 Å². The molecule has 18 heavy (non-hydrogen) atoms. The van der Waals surface area contributed by atoms with Crippen molar-refractivity contribution in [3.05, 3.63) is 24.0 Å². The van der Waals surface area contributed by atoms with E-state index >= 15 is 0 Å². The first-order chi connectivity index (χ1) is 8.25. The number of imidazole rings is 1. The first-order valence-electron chi connectivity index (χ1n) is 4.62. The van der Waals surface area contributed by atoms with Gasteiger partial charge in [0.15, 0.2) is 5.82 Å². The van der Waals surface area contributed by atoms with E-state index in [0.717, 1.165) is 4.90 Å². The van der Waals surface area contributed by atoms with Crippen molar-refractivity contribution in [2.24, 2.45) is 0 Å². The molecular formula is C9H7F3N2O2S2. The molecule has 0 aliphatic heterocycles. The third-order valence-corrected chi connectivity index (χ3v) is 3.80. The standard InChI is InChI=1S/C9H7F3N2O2S2/c1-17-5-2-3-6-7(4-5)14-8(13-6)9(10,11)18(12,15)16/h2-4H,1H3,(H,13,14). The van der Waals surface area contributed by atoms with E-state index in [9.17, 15) is 21.1 Å². The zero-order valence-electron chi connectivity index (χ0n) is 8.95. The smallest absolute Gasteiger partial charge is 0.336 e. The summed E-state index contributed by atoms with van der Waals surface area (Å²) in [5, 5.41) is -4.68. The summed E-state index contributed by atoms with van der Waals surface area (Å²) >= 11 is 1.38. The molecule has 1 N–H and O–H groups in total. The number of nitrogens with one attached hydrogen (secondary N) is 1.